The van der Waals surface area contributed by atoms with Crippen molar-refractivity contribution in [2.45, 2.75) is 19.8 Å². The average Bonchev–Trinajstić information content (AvgIpc) is 1.97. The Morgan fingerprint density at radius 2 is 2.27 bits per heavy atom. The van der Waals surface area contributed by atoms with E-state index < -0.39 is 5.97 Å². The van der Waals surface area contributed by atoms with Crippen molar-refractivity contribution in [1.29, 1.82) is 0 Å². The third kappa shape index (κ3) is 4.31. The first-order chi connectivity index (χ1) is 5.22. The largest absolute Gasteiger partial charge is 0.481 e. The number of carbonyl (C=O) groups is 2. The Kier molecular flexibility index (Phi) is 5.07. The molecule has 0 rings (SSSR count). The third-order valence-electron chi connectivity index (χ3n) is 1.48. The molecule has 1 atom stereocenters. The predicted molar refractivity (Wildman–Crippen MR) is 41.2 cm³/mol. The molecule has 0 aromatic rings. The number of aldehydes is 1. The van der Waals surface area contributed by atoms with Crippen LogP contribution in [-0.2, 0) is 9.59 Å². The lowest BCUT2D eigenvalue weighted by atomic mass is 10.0. The van der Waals surface area contributed by atoms with Gasteiger partial charge in [0.15, 0.2) is 0 Å². The van der Waals surface area contributed by atoms with E-state index in [4.69, 9.17) is 5.11 Å². The molecule has 0 aromatic heterocycles. The Labute approximate surface area is 65.7 Å². The topological polar surface area (TPSA) is 54.4 Å². The number of carboxylic acids is 1. The van der Waals surface area contributed by atoms with Crippen molar-refractivity contribution in [2.24, 2.45) is 5.92 Å². The SMILES string of the molecule is CCC(C/C=C/C=O)C(=O)O. The number of allylic oxidation sites excluding steroid dienone is 2. The fourth-order valence-electron chi connectivity index (χ4n) is 0.740. The van der Waals surface area contributed by atoms with Gasteiger partial charge in [-0.1, -0.05) is 13.0 Å². The van der Waals surface area contributed by atoms with Crippen LogP contribution in [0.25, 0.3) is 0 Å². The minimum absolute atomic E-state index is 0.355. The highest BCUT2D eigenvalue weighted by atomic mass is 16.4. The Balaban J connectivity index is 3.78. The molecule has 3 heteroatoms. The molecule has 0 spiro atoms. The second-order valence-electron chi connectivity index (χ2n) is 2.24. The van der Waals surface area contributed by atoms with Gasteiger partial charge < -0.3 is 5.11 Å². The van der Waals surface area contributed by atoms with Crippen molar-refractivity contribution >= 4 is 12.3 Å². The number of carboxylic acid groups (broad SMARTS) is 1. The summed E-state index contributed by atoms with van der Waals surface area (Å²) in [5.41, 5.74) is 0. The standard InChI is InChI=1S/C8H12O3/c1-2-7(8(10)11)5-3-4-6-9/h3-4,6-7H,2,5H2,1H3,(H,10,11)/b4-3+. The molecule has 1 unspecified atom stereocenters. The summed E-state index contributed by atoms with van der Waals surface area (Å²) in [4.78, 5) is 20.2. The molecular formula is C8H12O3. The summed E-state index contributed by atoms with van der Waals surface area (Å²) in [6.45, 7) is 1.81. The second kappa shape index (κ2) is 5.65. The summed E-state index contributed by atoms with van der Waals surface area (Å²) in [6.07, 6.45) is 4.58. The van der Waals surface area contributed by atoms with Gasteiger partial charge in [0.25, 0.3) is 0 Å². The first-order valence-electron chi connectivity index (χ1n) is 3.55. The van der Waals surface area contributed by atoms with Crippen LogP contribution in [-0.4, -0.2) is 17.4 Å². The van der Waals surface area contributed by atoms with Crippen molar-refractivity contribution in [2.75, 3.05) is 0 Å². The van der Waals surface area contributed by atoms with E-state index in [0.29, 0.717) is 19.1 Å². The predicted octanol–water partition coefficient (Wildman–Crippen LogP) is 1.24. The summed E-state index contributed by atoms with van der Waals surface area (Å²) >= 11 is 0. The first kappa shape index (κ1) is 9.88. The highest BCUT2D eigenvalue weighted by molar-refractivity contribution is 5.70. The Hall–Kier alpha value is -1.12. The van der Waals surface area contributed by atoms with Gasteiger partial charge in [0, 0.05) is 0 Å². The zero-order chi connectivity index (χ0) is 8.69. The van der Waals surface area contributed by atoms with Gasteiger partial charge >= 0.3 is 5.97 Å². The molecule has 0 fully saturated rings. The maximum Gasteiger partial charge on any atom is 0.306 e. The number of rotatable bonds is 5. The van der Waals surface area contributed by atoms with Gasteiger partial charge in [0.05, 0.1) is 5.92 Å². The second-order valence-corrected chi connectivity index (χ2v) is 2.24. The molecule has 62 valence electrons. The number of aliphatic carboxylic acids is 1. The Morgan fingerprint density at radius 3 is 2.64 bits per heavy atom. The van der Waals surface area contributed by atoms with E-state index in [-0.39, 0.29) is 5.92 Å². The molecule has 0 aromatic carbocycles. The smallest absolute Gasteiger partial charge is 0.306 e. The highest BCUT2D eigenvalue weighted by Gasteiger charge is 2.11. The van der Waals surface area contributed by atoms with Crippen LogP contribution in [0.3, 0.4) is 0 Å². The lowest BCUT2D eigenvalue weighted by Gasteiger charge is -2.03. The van der Waals surface area contributed by atoms with E-state index in [9.17, 15) is 9.59 Å². The zero-order valence-corrected chi connectivity index (χ0v) is 6.49. The summed E-state index contributed by atoms with van der Waals surface area (Å²) < 4.78 is 0. The summed E-state index contributed by atoms with van der Waals surface area (Å²) in [5.74, 6) is -1.16. The number of hydrogen-bond donors (Lipinski definition) is 1. The summed E-state index contributed by atoms with van der Waals surface area (Å²) in [5, 5.41) is 8.55. The monoisotopic (exact) mass is 156 g/mol. The van der Waals surface area contributed by atoms with E-state index in [1.165, 1.54) is 6.08 Å². The number of carbonyl (C=O) groups excluding carboxylic acids is 1. The van der Waals surface area contributed by atoms with Crippen LogP contribution in [0, 0.1) is 5.92 Å². The van der Waals surface area contributed by atoms with E-state index in [1.54, 1.807) is 6.08 Å². The molecule has 0 aliphatic carbocycles. The zero-order valence-electron chi connectivity index (χ0n) is 6.49. The molecule has 0 saturated carbocycles. The third-order valence-corrected chi connectivity index (χ3v) is 1.48. The van der Waals surface area contributed by atoms with Crippen molar-refractivity contribution in [3.05, 3.63) is 12.2 Å². The van der Waals surface area contributed by atoms with Gasteiger partial charge in [0.1, 0.15) is 6.29 Å². The van der Waals surface area contributed by atoms with Gasteiger partial charge in [0.2, 0.25) is 0 Å². The molecule has 0 heterocycles. The molecule has 0 saturated heterocycles. The minimum Gasteiger partial charge on any atom is -0.481 e. The molecule has 0 bridgehead atoms. The lowest BCUT2D eigenvalue weighted by Crippen LogP contribution is -2.11. The molecular weight excluding hydrogens is 144 g/mol. The quantitative estimate of drug-likeness (QED) is 0.481. The highest BCUT2D eigenvalue weighted by Crippen LogP contribution is 2.08. The van der Waals surface area contributed by atoms with Crippen LogP contribution in [0.2, 0.25) is 0 Å². The van der Waals surface area contributed by atoms with E-state index >= 15 is 0 Å². The van der Waals surface area contributed by atoms with E-state index in [0.717, 1.165) is 0 Å². The summed E-state index contributed by atoms with van der Waals surface area (Å²) in [7, 11) is 0. The van der Waals surface area contributed by atoms with Gasteiger partial charge in [-0.3, -0.25) is 9.59 Å². The molecule has 1 N–H and O–H groups in total. The lowest BCUT2D eigenvalue weighted by molar-refractivity contribution is -0.141. The molecule has 0 radical (unpaired) electrons. The molecule has 0 aliphatic rings. The molecule has 0 amide bonds. The minimum atomic E-state index is -0.803. The fourth-order valence-corrected chi connectivity index (χ4v) is 0.740. The summed E-state index contributed by atoms with van der Waals surface area (Å²) in [6, 6.07) is 0. The fraction of sp³-hybridized carbons (Fsp3) is 0.500. The Bertz CT molecular complexity index is 161. The first-order valence-corrected chi connectivity index (χ1v) is 3.55. The molecule has 0 aliphatic heterocycles. The van der Waals surface area contributed by atoms with Crippen molar-refractivity contribution in [3.63, 3.8) is 0 Å². The van der Waals surface area contributed by atoms with Crippen LogP contribution in [0.1, 0.15) is 19.8 Å². The maximum absolute atomic E-state index is 10.4. The van der Waals surface area contributed by atoms with Gasteiger partial charge in [-0.2, -0.15) is 0 Å². The Morgan fingerprint density at radius 1 is 1.64 bits per heavy atom. The van der Waals surface area contributed by atoms with Crippen LogP contribution in [0.15, 0.2) is 12.2 Å². The van der Waals surface area contributed by atoms with Gasteiger partial charge in [-0.05, 0) is 18.9 Å². The molecule has 11 heavy (non-hydrogen) atoms. The van der Waals surface area contributed by atoms with E-state index in [1.807, 2.05) is 6.92 Å². The van der Waals surface area contributed by atoms with Gasteiger partial charge in [-0.25, -0.2) is 0 Å². The van der Waals surface area contributed by atoms with Crippen molar-refractivity contribution in [1.82, 2.24) is 0 Å². The average molecular weight is 156 g/mol. The van der Waals surface area contributed by atoms with Crippen molar-refractivity contribution < 1.29 is 14.7 Å². The maximum atomic E-state index is 10.4. The number of hydrogen-bond acceptors (Lipinski definition) is 2. The van der Waals surface area contributed by atoms with Crippen LogP contribution >= 0.6 is 0 Å². The van der Waals surface area contributed by atoms with E-state index in [2.05, 4.69) is 0 Å². The normalized spacial score (nSPS) is 13.2. The van der Waals surface area contributed by atoms with Crippen LogP contribution in [0.4, 0.5) is 0 Å². The molecule has 3 nitrogen and oxygen atoms in total. The van der Waals surface area contributed by atoms with Crippen LogP contribution in [0.5, 0.6) is 0 Å². The van der Waals surface area contributed by atoms with Crippen molar-refractivity contribution in [3.8, 4) is 0 Å². The van der Waals surface area contributed by atoms with Crippen LogP contribution < -0.4 is 0 Å². The van der Waals surface area contributed by atoms with Gasteiger partial charge in [-0.15, -0.1) is 0 Å².